The molecule has 1 heterocycles. The van der Waals surface area contributed by atoms with Crippen LogP contribution in [0.25, 0.3) is 11.4 Å². The maximum atomic E-state index is 12.4. The molecule has 5 nitrogen and oxygen atoms in total. The molecule has 1 aromatic heterocycles. The van der Waals surface area contributed by atoms with Gasteiger partial charge in [-0.15, -0.1) is 10.2 Å². The number of thioether (sulfide) groups is 1. The molecule has 0 atom stereocenters. The molecule has 0 amide bonds. The molecular formula is C20H21N3O2S. The normalized spacial score (nSPS) is 10.7. The molecule has 3 rings (SSSR count). The van der Waals surface area contributed by atoms with Crippen LogP contribution < -0.4 is 4.74 Å². The van der Waals surface area contributed by atoms with E-state index in [-0.39, 0.29) is 5.78 Å². The zero-order chi connectivity index (χ0) is 18.5. The number of nitrogens with zero attached hydrogens (tertiary/aromatic N) is 3. The summed E-state index contributed by atoms with van der Waals surface area (Å²) in [7, 11) is 1.64. The highest BCUT2D eigenvalue weighted by Gasteiger charge is 2.15. The number of aromatic nitrogens is 3. The Kier molecular flexibility index (Phi) is 5.73. The lowest BCUT2D eigenvalue weighted by molar-refractivity contribution is 0.102. The highest BCUT2D eigenvalue weighted by atomic mass is 32.2. The van der Waals surface area contributed by atoms with Crippen molar-refractivity contribution in [3.8, 4) is 17.1 Å². The van der Waals surface area contributed by atoms with Crippen LogP contribution in [-0.4, -0.2) is 33.4 Å². The second-order valence-electron chi connectivity index (χ2n) is 5.86. The molecule has 0 unspecified atom stereocenters. The Morgan fingerprint density at radius 3 is 2.38 bits per heavy atom. The van der Waals surface area contributed by atoms with Gasteiger partial charge in [0.25, 0.3) is 0 Å². The van der Waals surface area contributed by atoms with Gasteiger partial charge in [-0.2, -0.15) is 0 Å². The Balaban J connectivity index is 1.75. The van der Waals surface area contributed by atoms with Crippen LogP contribution in [0.15, 0.2) is 53.7 Å². The number of carbonyl (C=O) groups is 1. The number of benzene rings is 2. The number of carbonyl (C=O) groups excluding carboxylic acids is 1. The van der Waals surface area contributed by atoms with Crippen molar-refractivity contribution in [3.05, 3.63) is 59.7 Å². The van der Waals surface area contributed by atoms with Crippen LogP contribution in [0.2, 0.25) is 0 Å². The van der Waals surface area contributed by atoms with E-state index in [1.54, 1.807) is 7.11 Å². The quantitative estimate of drug-likeness (QED) is 0.461. The summed E-state index contributed by atoms with van der Waals surface area (Å²) in [6.07, 6.45) is 0. The van der Waals surface area contributed by atoms with Crippen LogP contribution >= 0.6 is 11.8 Å². The monoisotopic (exact) mass is 367 g/mol. The zero-order valence-corrected chi connectivity index (χ0v) is 15.9. The Morgan fingerprint density at radius 2 is 1.77 bits per heavy atom. The van der Waals surface area contributed by atoms with E-state index in [2.05, 4.69) is 10.2 Å². The largest absolute Gasteiger partial charge is 0.497 e. The molecule has 0 radical (unpaired) electrons. The Hall–Kier alpha value is -2.60. The van der Waals surface area contributed by atoms with Crippen LogP contribution in [0.3, 0.4) is 0 Å². The minimum Gasteiger partial charge on any atom is -0.497 e. The van der Waals surface area contributed by atoms with Crippen molar-refractivity contribution in [1.82, 2.24) is 14.8 Å². The number of Topliss-reactive ketones (excluding diaryl/α,β-unsaturated/α-hetero) is 1. The van der Waals surface area contributed by atoms with Gasteiger partial charge in [0.15, 0.2) is 16.8 Å². The first-order chi connectivity index (χ1) is 12.6. The van der Waals surface area contributed by atoms with Gasteiger partial charge in [-0.1, -0.05) is 41.6 Å². The van der Waals surface area contributed by atoms with E-state index >= 15 is 0 Å². The minimum absolute atomic E-state index is 0.0895. The maximum absolute atomic E-state index is 12.4. The number of ether oxygens (including phenoxy) is 1. The van der Waals surface area contributed by atoms with Crippen molar-refractivity contribution in [1.29, 1.82) is 0 Å². The van der Waals surface area contributed by atoms with Crippen molar-refractivity contribution >= 4 is 17.5 Å². The number of methoxy groups -OCH3 is 1. The Bertz CT molecular complexity index is 886. The minimum atomic E-state index is 0.0895. The summed E-state index contributed by atoms with van der Waals surface area (Å²) in [6, 6.07) is 15.4. The molecule has 6 heteroatoms. The van der Waals surface area contributed by atoms with Crippen molar-refractivity contribution in [2.75, 3.05) is 12.9 Å². The van der Waals surface area contributed by atoms with Gasteiger partial charge in [-0.25, -0.2) is 0 Å². The summed E-state index contributed by atoms with van der Waals surface area (Å²) < 4.78 is 7.22. The topological polar surface area (TPSA) is 57.0 Å². The SMILES string of the molecule is CCn1c(SCC(=O)c2ccc(C)cc2)nnc1-c1ccc(OC)cc1. The molecule has 0 N–H and O–H groups in total. The molecule has 134 valence electrons. The number of hydrogen-bond donors (Lipinski definition) is 0. The van der Waals surface area contributed by atoms with Crippen molar-refractivity contribution in [2.24, 2.45) is 0 Å². The van der Waals surface area contributed by atoms with E-state index in [9.17, 15) is 4.79 Å². The maximum Gasteiger partial charge on any atom is 0.191 e. The second-order valence-corrected chi connectivity index (χ2v) is 6.80. The summed E-state index contributed by atoms with van der Waals surface area (Å²) in [4.78, 5) is 12.4. The van der Waals surface area contributed by atoms with Gasteiger partial charge >= 0.3 is 0 Å². The average molecular weight is 367 g/mol. The van der Waals surface area contributed by atoms with Gasteiger partial charge in [0.1, 0.15) is 5.75 Å². The van der Waals surface area contributed by atoms with E-state index in [4.69, 9.17) is 4.74 Å². The summed E-state index contributed by atoms with van der Waals surface area (Å²) in [6.45, 7) is 4.78. The highest BCUT2D eigenvalue weighted by Crippen LogP contribution is 2.26. The first kappa shape index (κ1) is 18.2. The van der Waals surface area contributed by atoms with Gasteiger partial charge in [-0.05, 0) is 38.1 Å². The molecule has 0 aliphatic carbocycles. The molecule has 0 fully saturated rings. The fourth-order valence-corrected chi connectivity index (χ4v) is 3.48. The van der Waals surface area contributed by atoms with E-state index in [0.29, 0.717) is 5.75 Å². The smallest absolute Gasteiger partial charge is 0.191 e. The molecule has 2 aromatic carbocycles. The van der Waals surface area contributed by atoms with Crippen LogP contribution in [0.4, 0.5) is 0 Å². The number of aryl methyl sites for hydroxylation is 1. The standard InChI is InChI=1S/C20H21N3O2S/c1-4-23-19(16-9-11-17(25-3)12-10-16)21-22-20(23)26-13-18(24)15-7-5-14(2)6-8-15/h5-12H,4,13H2,1-3H3. The molecule has 26 heavy (non-hydrogen) atoms. The van der Waals surface area contributed by atoms with Gasteiger partial charge in [0, 0.05) is 17.7 Å². The average Bonchev–Trinajstić information content (AvgIpc) is 3.09. The van der Waals surface area contributed by atoms with Crippen molar-refractivity contribution in [2.45, 2.75) is 25.5 Å². The number of ketones is 1. The van der Waals surface area contributed by atoms with Crippen molar-refractivity contribution in [3.63, 3.8) is 0 Å². The Morgan fingerprint density at radius 1 is 1.08 bits per heavy atom. The second kappa shape index (κ2) is 8.19. The van der Waals surface area contributed by atoms with E-state index < -0.39 is 0 Å². The first-order valence-electron chi connectivity index (χ1n) is 8.42. The predicted molar refractivity (Wildman–Crippen MR) is 104 cm³/mol. The highest BCUT2D eigenvalue weighted by molar-refractivity contribution is 7.99. The Labute approximate surface area is 157 Å². The van der Waals surface area contributed by atoms with E-state index in [0.717, 1.165) is 40.0 Å². The summed E-state index contributed by atoms with van der Waals surface area (Å²) in [5.74, 6) is 2.02. The predicted octanol–water partition coefficient (Wildman–Crippen LogP) is 4.26. The van der Waals surface area contributed by atoms with E-state index in [1.165, 1.54) is 11.8 Å². The molecule has 0 aliphatic heterocycles. The fraction of sp³-hybridized carbons (Fsp3) is 0.250. The van der Waals surface area contributed by atoms with Gasteiger partial charge < -0.3 is 9.30 Å². The van der Waals surface area contributed by atoms with Gasteiger partial charge in [-0.3, -0.25) is 4.79 Å². The lowest BCUT2D eigenvalue weighted by Gasteiger charge is -2.08. The van der Waals surface area contributed by atoms with Gasteiger partial charge in [0.2, 0.25) is 0 Å². The zero-order valence-electron chi connectivity index (χ0n) is 15.1. The van der Waals surface area contributed by atoms with Gasteiger partial charge in [0.05, 0.1) is 12.9 Å². The summed E-state index contributed by atoms with van der Waals surface area (Å²) in [5.41, 5.74) is 2.84. The molecule has 0 aliphatic rings. The summed E-state index contributed by atoms with van der Waals surface area (Å²) >= 11 is 1.42. The molecule has 0 bridgehead atoms. The van der Waals surface area contributed by atoms with Crippen molar-refractivity contribution < 1.29 is 9.53 Å². The molecule has 0 spiro atoms. The van der Waals surface area contributed by atoms with Crippen LogP contribution in [0, 0.1) is 6.92 Å². The lowest BCUT2D eigenvalue weighted by atomic mass is 10.1. The third-order valence-corrected chi connectivity index (χ3v) is 5.05. The fourth-order valence-electron chi connectivity index (χ4n) is 2.59. The van der Waals surface area contributed by atoms with Crippen LogP contribution in [0.1, 0.15) is 22.8 Å². The number of rotatable bonds is 7. The molecule has 3 aromatic rings. The molecule has 0 saturated carbocycles. The van der Waals surface area contributed by atoms with E-state index in [1.807, 2.05) is 66.9 Å². The molecule has 0 saturated heterocycles. The third-order valence-electron chi connectivity index (χ3n) is 4.09. The first-order valence-corrected chi connectivity index (χ1v) is 9.41. The third kappa shape index (κ3) is 3.96. The van der Waals surface area contributed by atoms with Crippen LogP contribution in [0.5, 0.6) is 5.75 Å². The lowest BCUT2D eigenvalue weighted by Crippen LogP contribution is -2.05. The van der Waals surface area contributed by atoms with Crippen LogP contribution in [-0.2, 0) is 6.54 Å². The summed E-state index contributed by atoms with van der Waals surface area (Å²) in [5, 5.41) is 9.34. The molecular weight excluding hydrogens is 346 g/mol. The number of hydrogen-bond acceptors (Lipinski definition) is 5.